The molecule has 0 radical (unpaired) electrons. The first-order valence-corrected chi connectivity index (χ1v) is 7.35. The van der Waals surface area contributed by atoms with Crippen molar-refractivity contribution in [2.45, 2.75) is 12.8 Å². The molecule has 0 unspecified atom stereocenters. The summed E-state index contributed by atoms with van der Waals surface area (Å²) in [5, 5.41) is 12.1. The molecule has 0 saturated heterocycles. The Kier molecular flexibility index (Phi) is 4.88. The number of amides is 2. The first-order chi connectivity index (χ1) is 9.45. The third-order valence-corrected chi connectivity index (χ3v) is 4.17. The summed E-state index contributed by atoms with van der Waals surface area (Å²) >= 11 is 9.15. The Balaban J connectivity index is 2.02. The molecule has 0 spiro atoms. The van der Waals surface area contributed by atoms with E-state index in [0.29, 0.717) is 27.6 Å². The van der Waals surface area contributed by atoms with E-state index >= 15 is 0 Å². The molecule has 20 heavy (non-hydrogen) atoms. The van der Waals surface area contributed by atoms with E-state index in [1.54, 1.807) is 18.2 Å². The van der Waals surface area contributed by atoms with Gasteiger partial charge in [0, 0.05) is 16.7 Å². The maximum Gasteiger partial charge on any atom is 0.323 e. The number of carboxylic acids is 1. The molecule has 0 bridgehead atoms. The molecule has 1 aliphatic rings. The Morgan fingerprint density at radius 2 is 2.15 bits per heavy atom. The van der Waals surface area contributed by atoms with Crippen LogP contribution in [0.4, 0.5) is 10.5 Å². The Bertz CT molecular complexity index is 534. The number of aliphatic carboxylic acids is 1. The van der Waals surface area contributed by atoms with Gasteiger partial charge in [0.15, 0.2) is 0 Å². The highest BCUT2D eigenvalue weighted by Gasteiger charge is 2.28. The van der Waals surface area contributed by atoms with E-state index in [9.17, 15) is 9.59 Å². The van der Waals surface area contributed by atoms with Crippen LogP contribution in [-0.4, -0.2) is 35.1 Å². The lowest BCUT2D eigenvalue weighted by atomic mass is 10.3. The summed E-state index contributed by atoms with van der Waals surface area (Å²) in [7, 11) is 0. The van der Waals surface area contributed by atoms with Gasteiger partial charge in [-0.15, -0.1) is 0 Å². The fraction of sp³-hybridized carbons (Fsp3) is 0.385. The van der Waals surface area contributed by atoms with Crippen molar-refractivity contribution in [1.82, 2.24) is 4.90 Å². The second-order valence-electron chi connectivity index (χ2n) is 4.78. The lowest BCUT2D eigenvalue weighted by molar-refractivity contribution is -0.137. The summed E-state index contributed by atoms with van der Waals surface area (Å²) in [5.41, 5.74) is 0.567. The fourth-order valence-corrected chi connectivity index (χ4v) is 2.27. The predicted octanol–water partition coefficient (Wildman–Crippen LogP) is 3.43. The molecule has 108 valence electrons. The maximum absolute atomic E-state index is 12.1. The van der Waals surface area contributed by atoms with Crippen LogP contribution in [0.25, 0.3) is 0 Å². The van der Waals surface area contributed by atoms with E-state index < -0.39 is 12.0 Å². The molecule has 1 saturated carbocycles. The average Bonchev–Trinajstić information content (AvgIpc) is 3.16. The van der Waals surface area contributed by atoms with Gasteiger partial charge >= 0.3 is 12.0 Å². The Morgan fingerprint density at radius 1 is 1.45 bits per heavy atom. The zero-order valence-electron chi connectivity index (χ0n) is 10.6. The zero-order chi connectivity index (χ0) is 14.7. The molecule has 7 heteroatoms. The summed E-state index contributed by atoms with van der Waals surface area (Å²) in [6.45, 7) is 0.185. The molecule has 0 aromatic heterocycles. The van der Waals surface area contributed by atoms with Gasteiger partial charge in [-0.1, -0.05) is 11.6 Å². The molecule has 2 rings (SSSR count). The number of halogens is 2. The second-order valence-corrected chi connectivity index (χ2v) is 6.04. The molecule has 2 N–H and O–H groups in total. The summed E-state index contributed by atoms with van der Waals surface area (Å²) in [6, 6.07) is 4.59. The molecular weight excluding hydrogens is 348 g/mol. The summed E-state index contributed by atoms with van der Waals surface area (Å²) in [6.07, 6.45) is 2.10. The van der Waals surface area contributed by atoms with Crippen molar-refractivity contribution < 1.29 is 14.7 Å². The lowest BCUT2D eigenvalue weighted by Crippen LogP contribution is -2.40. The number of rotatable bonds is 5. The van der Waals surface area contributed by atoms with Crippen LogP contribution in [0, 0.1) is 5.92 Å². The average molecular weight is 362 g/mol. The normalized spacial score (nSPS) is 13.9. The van der Waals surface area contributed by atoms with E-state index in [1.807, 2.05) is 0 Å². The number of carbonyl (C=O) groups excluding carboxylic acids is 1. The number of carboxylic acid groups (broad SMARTS) is 1. The molecule has 0 aliphatic heterocycles. The van der Waals surface area contributed by atoms with E-state index in [4.69, 9.17) is 16.7 Å². The molecule has 2 amide bonds. The third kappa shape index (κ3) is 4.38. The van der Waals surface area contributed by atoms with Crippen LogP contribution in [0.2, 0.25) is 5.02 Å². The van der Waals surface area contributed by atoms with Gasteiger partial charge in [0.1, 0.15) is 6.54 Å². The molecule has 0 heterocycles. The maximum atomic E-state index is 12.1. The van der Waals surface area contributed by atoms with Crippen LogP contribution in [0.3, 0.4) is 0 Å². The van der Waals surface area contributed by atoms with Gasteiger partial charge in [-0.3, -0.25) is 4.79 Å². The van der Waals surface area contributed by atoms with Crippen LogP contribution in [0.15, 0.2) is 22.7 Å². The van der Waals surface area contributed by atoms with Gasteiger partial charge in [-0.25, -0.2) is 4.79 Å². The minimum Gasteiger partial charge on any atom is -0.480 e. The van der Waals surface area contributed by atoms with Crippen LogP contribution in [-0.2, 0) is 4.79 Å². The zero-order valence-corrected chi connectivity index (χ0v) is 12.9. The van der Waals surface area contributed by atoms with Gasteiger partial charge in [0.2, 0.25) is 0 Å². The standard InChI is InChI=1S/C13H14BrClN2O3/c14-10-5-9(3-4-11(10)15)16-13(20)17(7-12(18)19)6-8-1-2-8/h3-5,8H,1-2,6-7H2,(H,16,20)(H,18,19). The first-order valence-electron chi connectivity index (χ1n) is 6.18. The molecule has 1 aromatic carbocycles. The highest BCUT2D eigenvalue weighted by Crippen LogP contribution is 2.30. The number of anilines is 1. The van der Waals surface area contributed by atoms with Gasteiger partial charge in [-0.2, -0.15) is 0 Å². The SMILES string of the molecule is O=C(O)CN(CC1CC1)C(=O)Nc1ccc(Cl)c(Br)c1. The van der Waals surface area contributed by atoms with Crippen LogP contribution < -0.4 is 5.32 Å². The van der Waals surface area contributed by atoms with Gasteiger partial charge < -0.3 is 15.3 Å². The minimum absolute atomic E-state index is 0.295. The highest BCUT2D eigenvalue weighted by atomic mass is 79.9. The van der Waals surface area contributed by atoms with Crippen molar-refractivity contribution in [2.24, 2.45) is 5.92 Å². The Labute approximate surface area is 130 Å². The second kappa shape index (κ2) is 6.45. The van der Waals surface area contributed by atoms with Crippen molar-refractivity contribution in [3.05, 3.63) is 27.7 Å². The summed E-state index contributed by atoms with van der Waals surface area (Å²) in [5.74, 6) is -0.588. The van der Waals surface area contributed by atoms with Crippen LogP contribution >= 0.6 is 27.5 Å². The number of hydrogen-bond donors (Lipinski definition) is 2. The van der Waals surface area contributed by atoms with Gasteiger partial charge in [0.05, 0.1) is 5.02 Å². The monoisotopic (exact) mass is 360 g/mol. The largest absolute Gasteiger partial charge is 0.480 e. The van der Waals surface area contributed by atoms with Gasteiger partial charge in [0.25, 0.3) is 0 Å². The number of nitrogens with one attached hydrogen (secondary N) is 1. The van der Waals surface area contributed by atoms with E-state index in [-0.39, 0.29) is 6.54 Å². The van der Waals surface area contributed by atoms with Crippen molar-refractivity contribution in [3.8, 4) is 0 Å². The smallest absolute Gasteiger partial charge is 0.323 e. The van der Waals surface area contributed by atoms with Crippen molar-refractivity contribution in [3.63, 3.8) is 0 Å². The number of benzene rings is 1. The topological polar surface area (TPSA) is 69.6 Å². The first kappa shape index (κ1) is 15.1. The molecular formula is C13H14BrClN2O3. The molecule has 1 fully saturated rings. The lowest BCUT2D eigenvalue weighted by Gasteiger charge is -2.21. The van der Waals surface area contributed by atoms with Crippen molar-refractivity contribution in [2.75, 3.05) is 18.4 Å². The summed E-state index contributed by atoms with van der Waals surface area (Å²) < 4.78 is 0.670. The quantitative estimate of drug-likeness (QED) is 0.844. The number of urea groups is 1. The molecule has 5 nitrogen and oxygen atoms in total. The van der Waals surface area contributed by atoms with E-state index in [0.717, 1.165) is 12.8 Å². The summed E-state index contributed by atoms with van der Waals surface area (Å²) in [4.78, 5) is 24.3. The number of nitrogens with zero attached hydrogens (tertiary/aromatic N) is 1. The Morgan fingerprint density at radius 3 is 2.70 bits per heavy atom. The van der Waals surface area contributed by atoms with Crippen molar-refractivity contribution >= 4 is 45.2 Å². The van der Waals surface area contributed by atoms with E-state index in [2.05, 4.69) is 21.2 Å². The van der Waals surface area contributed by atoms with Crippen LogP contribution in [0.1, 0.15) is 12.8 Å². The highest BCUT2D eigenvalue weighted by molar-refractivity contribution is 9.10. The van der Waals surface area contributed by atoms with Crippen LogP contribution in [0.5, 0.6) is 0 Å². The minimum atomic E-state index is -1.02. The third-order valence-electron chi connectivity index (χ3n) is 2.96. The predicted molar refractivity (Wildman–Crippen MR) is 80.1 cm³/mol. The molecule has 1 aliphatic carbocycles. The Hall–Kier alpha value is -1.27. The van der Waals surface area contributed by atoms with Gasteiger partial charge in [-0.05, 0) is 52.9 Å². The fourth-order valence-electron chi connectivity index (χ4n) is 1.77. The molecule has 1 aromatic rings. The number of carbonyl (C=O) groups is 2. The van der Waals surface area contributed by atoms with Crippen molar-refractivity contribution in [1.29, 1.82) is 0 Å². The van der Waals surface area contributed by atoms with E-state index in [1.165, 1.54) is 4.90 Å². The molecule has 0 atom stereocenters. The number of hydrogen-bond acceptors (Lipinski definition) is 2.